The number of aromatic amines is 1. The van der Waals surface area contributed by atoms with Crippen LogP contribution in [0.1, 0.15) is 10.5 Å². The van der Waals surface area contributed by atoms with E-state index in [2.05, 4.69) is 31.4 Å². The molecule has 0 radical (unpaired) electrons. The first kappa shape index (κ1) is 15.7. The van der Waals surface area contributed by atoms with E-state index >= 15 is 0 Å². The van der Waals surface area contributed by atoms with Crippen LogP contribution in [-0.2, 0) is 0 Å². The van der Waals surface area contributed by atoms with E-state index < -0.39 is 11.7 Å². The molecule has 2 aromatic carbocycles. The Kier molecular flexibility index (Phi) is 4.45. The van der Waals surface area contributed by atoms with E-state index in [0.717, 1.165) is 16.1 Å². The first-order valence-corrected chi connectivity index (χ1v) is 7.78. The van der Waals surface area contributed by atoms with Crippen molar-refractivity contribution in [2.75, 3.05) is 5.32 Å². The predicted octanol–water partition coefficient (Wildman–Crippen LogP) is 4.88. The summed E-state index contributed by atoms with van der Waals surface area (Å²) < 4.78 is 14.0. The number of rotatable bonds is 3. The summed E-state index contributed by atoms with van der Waals surface area (Å²) in [7, 11) is 0. The maximum absolute atomic E-state index is 13.0. The number of aromatic nitrogens is 2. The van der Waals surface area contributed by atoms with Crippen LogP contribution in [0.25, 0.3) is 11.3 Å². The molecule has 3 rings (SSSR count). The first-order chi connectivity index (χ1) is 11.0. The van der Waals surface area contributed by atoms with Gasteiger partial charge in [0.15, 0.2) is 0 Å². The molecule has 1 aromatic heterocycles. The molecule has 0 saturated heterocycles. The summed E-state index contributed by atoms with van der Waals surface area (Å²) in [6.07, 6.45) is 0. The number of anilines is 1. The molecule has 3 aromatic rings. The van der Waals surface area contributed by atoms with Gasteiger partial charge in [-0.3, -0.25) is 9.89 Å². The number of carbonyl (C=O) groups excluding carboxylic acids is 1. The lowest BCUT2D eigenvalue weighted by Gasteiger charge is -2.05. The Morgan fingerprint density at radius 3 is 2.61 bits per heavy atom. The van der Waals surface area contributed by atoms with Gasteiger partial charge in [-0.2, -0.15) is 5.10 Å². The number of benzene rings is 2. The van der Waals surface area contributed by atoms with Crippen LogP contribution in [0.3, 0.4) is 0 Å². The SMILES string of the molecule is O=C(Nc1ccc(F)cc1Cl)c1cc(-c2ccc(Br)cc2)n[nH]1. The highest BCUT2D eigenvalue weighted by Gasteiger charge is 2.13. The molecular formula is C16H10BrClFN3O. The quantitative estimate of drug-likeness (QED) is 0.665. The normalized spacial score (nSPS) is 10.6. The van der Waals surface area contributed by atoms with Gasteiger partial charge < -0.3 is 5.32 Å². The van der Waals surface area contributed by atoms with Crippen molar-refractivity contribution in [1.29, 1.82) is 0 Å². The Labute approximate surface area is 144 Å². The zero-order valence-electron chi connectivity index (χ0n) is 11.6. The lowest BCUT2D eigenvalue weighted by atomic mass is 10.1. The van der Waals surface area contributed by atoms with E-state index in [1.54, 1.807) is 6.07 Å². The second-order valence-electron chi connectivity index (χ2n) is 4.75. The van der Waals surface area contributed by atoms with Crippen molar-refractivity contribution < 1.29 is 9.18 Å². The highest BCUT2D eigenvalue weighted by molar-refractivity contribution is 9.10. The minimum absolute atomic E-state index is 0.131. The van der Waals surface area contributed by atoms with Crippen molar-refractivity contribution >= 4 is 39.1 Å². The maximum Gasteiger partial charge on any atom is 0.273 e. The summed E-state index contributed by atoms with van der Waals surface area (Å²) in [5.74, 6) is -0.874. The number of nitrogens with zero attached hydrogens (tertiary/aromatic N) is 1. The van der Waals surface area contributed by atoms with Gasteiger partial charge >= 0.3 is 0 Å². The molecule has 0 bridgehead atoms. The molecule has 2 N–H and O–H groups in total. The second kappa shape index (κ2) is 6.52. The van der Waals surface area contributed by atoms with Gasteiger partial charge in [-0.05, 0) is 36.4 Å². The van der Waals surface area contributed by atoms with E-state index in [9.17, 15) is 9.18 Å². The molecule has 4 nitrogen and oxygen atoms in total. The van der Waals surface area contributed by atoms with Gasteiger partial charge in [0.05, 0.1) is 16.4 Å². The van der Waals surface area contributed by atoms with Crippen LogP contribution in [0, 0.1) is 5.82 Å². The molecular weight excluding hydrogens is 385 g/mol. The van der Waals surface area contributed by atoms with Crippen molar-refractivity contribution in [3.63, 3.8) is 0 Å². The molecule has 0 aliphatic rings. The lowest BCUT2D eigenvalue weighted by molar-refractivity contribution is 0.102. The molecule has 23 heavy (non-hydrogen) atoms. The van der Waals surface area contributed by atoms with Crippen LogP contribution < -0.4 is 5.32 Å². The molecule has 1 heterocycles. The van der Waals surface area contributed by atoms with Gasteiger partial charge in [-0.25, -0.2) is 4.39 Å². The van der Waals surface area contributed by atoms with Crippen molar-refractivity contribution in [2.45, 2.75) is 0 Å². The van der Waals surface area contributed by atoms with Gasteiger partial charge in [0.2, 0.25) is 0 Å². The van der Waals surface area contributed by atoms with Crippen LogP contribution in [-0.4, -0.2) is 16.1 Å². The molecule has 0 spiro atoms. The van der Waals surface area contributed by atoms with Crippen molar-refractivity contribution in [2.24, 2.45) is 0 Å². The molecule has 1 amide bonds. The third-order valence-corrected chi connectivity index (χ3v) is 3.98. The van der Waals surface area contributed by atoms with Crippen molar-refractivity contribution in [3.05, 3.63) is 69.5 Å². The zero-order valence-corrected chi connectivity index (χ0v) is 14.0. The monoisotopic (exact) mass is 393 g/mol. The average Bonchev–Trinajstić information content (AvgIpc) is 3.01. The van der Waals surface area contributed by atoms with Gasteiger partial charge in [0.25, 0.3) is 5.91 Å². The summed E-state index contributed by atoms with van der Waals surface area (Å²) in [5.41, 5.74) is 2.14. The maximum atomic E-state index is 13.0. The summed E-state index contributed by atoms with van der Waals surface area (Å²) in [4.78, 5) is 12.2. The van der Waals surface area contributed by atoms with E-state index in [-0.39, 0.29) is 10.7 Å². The number of amides is 1. The second-order valence-corrected chi connectivity index (χ2v) is 6.07. The minimum Gasteiger partial charge on any atom is -0.319 e. The number of nitrogens with one attached hydrogen (secondary N) is 2. The van der Waals surface area contributed by atoms with Crippen LogP contribution in [0.5, 0.6) is 0 Å². The minimum atomic E-state index is -0.466. The van der Waals surface area contributed by atoms with Crippen LogP contribution in [0.2, 0.25) is 5.02 Å². The topological polar surface area (TPSA) is 57.8 Å². The Hall–Kier alpha value is -2.18. The predicted molar refractivity (Wildman–Crippen MR) is 91.1 cm³/mol. The lowest BCUT2D eigenvalue weighted by Crippen LogP contribution is -2.12. The summed E-state index contributed by atoms with van der Waals surface area (Å²) in [6, 6.07) is 13.0. The van der Waals surface area contributed by atoms with Crippen LogP contribution in [0.4, 0.5) is 10.1 Å². The van der Waals surface area contributed by atoms with Gasteiger partial charge in [0, 0.05) is 10.0 Å². The molecule has 0 aliphatic heterocycles. The Morgan fingerprint density at radius 2 is 1.91 bits per heavy atom. The molecule has 116 valence electrons. The van der Waals surface area contributed by atoms with Crippen molar-refractivity contribution in [1.82, 2.24) is 10.2 Å². The number of H-pyrrole nitrogens is 1. The first-order valence-electron chi connectivity index (χ1n) is 6.61. The molecule has 0 atom stereocenters. The van der Waals surface area contributed by atoms with Gasteiger partial charge in [0.1, 0.15) is 11.5 Å². The van der Waals surface area contributed by atoms with E-state index in [0.29, 0.717) is 11.4 Å². The molecule has 0 fully saturated rings. The van der Waals surface area contributed by atoms with Crippen LogP contribution in [0.15, 0.2) is 53.0 Å². The van der Waals surface area contributed by atoms with Gasteiger partial charge in [-0.1, -0.05) is 39.7 Å². The fourth-order valence-electron chi connectivity index (χ4n) is 1.99. The van der Waals surface area contributed by atoms with E-state index in [1.165, 1.54) is 12.1 Å². The summed E-state index contributed by atoms with van der Waals surface area (Å²) in [5, 5.41) is 9.54. The number of hydrogen-bond donors (Lipinski definition) is 2. The third-order valence-electron chi connectivity index (χ3n) is 3.14. The molecule has 0 unspecified atom stereocenters. The van der Waals surface area contributed by atoms with Crippen molar-refractivity contribution in [3.8, 4) is 11.3 Å². The number of carbonyl (C=O) groups is 1. The average molecular weight is 395 g/mol. The zero-order chi connectivity index (χ0) is 16.4. The van der Waals surface area contributed by atoms with E-state index in [1.807, 2.05) is 24.3 Å². The third kappa shape index (κ3) is 3.60. The molecule has 0 aliphatic carbocycles. The fraction of sp³-hybridized carbons (Fsp3) is 0. The number of hydrogen-bond acceptors (Lipinski definition) is 2. The summed E-state index contributed by atoms with van der Waals surface area (Å²) in [6.45, 7) is 0. The highest BCUT2D eigenvalue weighted by atomic mass is 79.9. The molecule has 0 saturated carbocycles. The fourth-order valence-corrected chi connectivity index (χ4v) is 2.47. The number of halogens is 3. The Bertz CT molecular complexity index is 864. The summed E-state index contributed by atoms with van der Waals surface area (Å²) >= 11 is 9.26. The smallest absolute Gasteiger partial charge is 0.273 e. The van der Waals surface area contributed by atoms with E-state index in [4.69, 9.17) is 11.6 Å². The van der Waals surface area contributed by atoms with Crippen LogP contribution >= 0.6 is 27.5 Å². The standard InChI is InChI=1S/C16H10BrClFN3O/c17-10-3-1-9(2-4-10)14-8-15(22-21-14)16(23)20-13-6-5-11(19)7-12(13)18/h1-8H,(H,20,23)(H,21,22). The Balaban J connectivity index is 1.79. The largest absolute Gasteiger partial charge is 0.319 e. The highest BCUT2D eigenvalue weighted by Crippen LogP contribution is 2.24. The van der Waals surface area contributed by atoms with Gasteiger partial charge in [-0.15, -0.1) is 0 Å². The Morgan fingerprint density at radius 1 is 1.17 bits per heavy atom. The molecule has 7 heteroatoms.